The molecule has 0 atom stereocenters. The van der Waals surface area contributed by atoms with E-state index in [1.54, 1.807) is 18.0 Å². The fraction of sp³-hybridized carbons (Fsp3) is 0.0588. The van der Waals surface area contributed by atoms with Crippen molar-refractivity contribution in [3.05, 3.63) is 72.5 Å². The quantitative estimate of drug-likeness (QED) is 0.629. The van der Waals surface area contributed by atoms with E-state index >= 15 is 0 Å². The summed E-state index contributed by atoms with van der Waals surface area (Å²) in [5.41, 5.74) is 2.40. The molecule has 0 radical (unpaired) electrons. The minimum absolute atomic E-state index is 0.909. The van der Waals surface area contributed by atoms with Crippen LogP contribution in [0.1, 0.15) is 5.56 Å². The molecule has 1 aromatic heterocycles. The molecular formula is C17H14OS. The average Bonchev–Trinajstić information content (AvgIpc) is 2.96. The zero-order chi connectivity index (χ0) is 13.1. The molecule has 94 valence electrons. The predicted octanol–water partition coefficient (Wildman–Crippen LogP) is 5.41. The highest BCUT2D eigenvalue weighted by Gasteiger charge is 2.01. The average molecular weight is 266 g/mol. The molecule has 1 nitrogen and oxygen atoms in total. The number of benzene rings is 2. The Balaban J connectivity index is 1.77. The number of hydrogen-bond donors (Lipinski definition) is 0. The lowest BCUT2D eigenvalue weighted by atomic mass is 10.2. The minimum Gasteiger partial charge on any atom is -0.464 e. The first kappa shape index (κ1) is 12.1. The Bertz CT molecular complexity index is 637. The van der Waals surface area contributed by atoms with Crippen molar-refractivity contribution < 1.29 is 4.42 Å². The number of hydrogen-bond acceptors (Lipinski definition) is 2. The van der Waals surface area contributed by atoms with E-state index in [0.29, 0.717) is 0 Å². The van der Waals surface area contributed by atoms with Crippen LogP contribution in [0.4, 0.5) is 0 Å². The summed E-state index contributed by atoms with van der Waals surface area (Å²) in [5, 5.41) is 0. The Labute approximate surface area is 117 Å². The van der Waals surface area contributed by atoms with Gasteiger partial charge in [-0.05, 0) is 43.3 Å². The smallest absolute Gasteiger partial charge is 0.133 e. The number of rotatable bonds is 3. The van der Waals surface area contributed by atoms with Crippen LogP contribution >= 0.6 is 11.8 Å². The van der Waals surface area contributed by atoms with E-state index in [4.69, 9.17) is 4.42 Å². The van der Waals surface area contributed by atoms with Crippen molar-refractivity contribution in [1.29, 1.82) is 0 Å². The van der Waals surface area contributed by atoms with Gasteiger partial charge in [0.2, 0.25) is 0 Å². The van der Waals surface area contributed by atoms with Gasteiger partial charge in [-0.1, -0.05) is 41.6 Å². The van der Waals surface area contributed by atoms with Crippen LogP contribution in [-0.4, -0.2) is 0 Å². The van der Waals surface area contributed by atoms with Crippen molar-refractivity contribution in [3.8, 4) is 11.3 Å². The van der Waals surface area contributed by atoms with Crippen LogP contribution in [0.3, 0.4) is 0 Å². The summed E-state index contributed by atoms with van der Waals surface area (Å²) >= 11 is 1.77. The molecule has 0 spiro atoms. The van der Waals surface area contributed by atoms with Crippen LogP contribution in [0.2, 0.25) is 0 Å². The van der Waals surface area contributed by atoms with E-state index < -0.39 is 0 Å². The van der Waals surface area contributed by atoms with Gasteiger partial charge in [-0.3, -0.25) is 0 Å². The van der Waals surface area contributed by atoms with Gasteiger partial charge < -0.3 is 4.42 Å². The summed E-state index contributed by atoms with van der Waals surface area (Å²) in [6.45, 7) is 2.10. The van der Waals surface area contributed by atoms with Crippen LogP contribution in [0.5, 0.6) is 0 Å². The molecule has 0 unspecified atom stereocenters. The maximum Gasteiger partial charge on any atom is 0.133 e. The molecular weight excluding hydrogens is 252 g/mol. The van der Waals surface area contributed by atoms with Crippen LogP contribution in [-0.2, 0) is 0 Å². The zero-order valence-corrected chi connectivity index (χ0v) is 11.5. The second kappa shape index (κ2) is 5.37. The van der Waals surface area contributed by atoms with Crippen molar-refractivity contribution in [2.24, 2.45) is 0 Å². The Hall–Kier alpha value is -1.93. The summed E-state index contributed by atoms with van der Waals surface area (Å²) in [4.78, 5) is 2.50. The molecule has 0 aliphatic rings. The monoisotopic (exact) mass is 266 g/mol. The minimum atomic E-state index is 0.909. The molecule has 2 heteroatoms. The first-order valence-electron chi connectivity index (χ1n) is 6.20. The van der Waals surface area contributed by atoms with Gasteiger partial charge in [-0.15, -0.1) is 0 Å². The van der Waals surface area contributed by atoms with Gasteiger partial charge in [0.1, 0.15) is 5.76 Å². The summed E-state index contributed by atoms with van der Waals surface area (Å²) in [7, 11) is 0. The number of aryl methyl sites for hydroxylation is 1. The van der Waals surface area contributed by atoms with E-state index in [9.17, 15) is 0 Å². The number of furan rings is 1. The molecule has 3 aromatic rings. The van der Waals surface area contributed by atoms with E-state index in [1.165, 1.54) is 15.4 Å². The molecule has 0 aliphatic heterocycles. The first-order chi connectivity index (χ1) is 9.31. The van der Waals surface area contributed by atoms with Gasteiger partial charge in [-0.2, -0.15) is 0 Å². The van der Waals surface area contributed by atoms with E-state index in [-0.39, 0.29) is 0 Å². The van der Waals surface area contributed by atoms with Gasteiger partial charge in [0.25, 0.3) is 0 Å². The van der Waals surface area contributed by atoms with E-state index in [1.807, 2.05) is 12.1 Å². The third-order valence-corrected chi connectivity index (χ3v) is 3.93. The Morgan fingerprint density at radius 3 is 2.00 bits per heavy atom. The lowest BCUT2D eigenvalue weighted by molar-refractivity contribution is 0.582. The maximum absolute atomic E-state index is 5.38. The summed E-state index contributed by atoms with van der Waals surface area (Å²) in [6, 6.07) is 20.9. The second-order valence-corrected chi connectivity index (χ2v) is 5.56. The molecule has 19 heavy (non-hydrogen) atoms. The fourth-order valence-electron chi connectivity index (χ4n) is 1.87. The van der Waals surface area contributed by atoms with Gasteiger partial charge in [0.15, 0.2) is 0 Å². The van der Waals surface area contributed by atoms with Crippen molar-refractivity contribution >= 4 is 11.8 Å². The summed E-state index contributed by atoms with van der Waals surface area (Å²) in [6.07, 6.45) is 1.70. The van der Waals surface area contributed by atoms with Gasteiger partial charge in [0, 0.05) is 15.4 Å². The molecule has 3 rings (SSSR count). The Kier molecular flexibility index (Phi) is 3.43. The highest BCUT2D eigenvalue weighted by atomic mass is 32.2. The topological polar surface area (TPSA) is 13.1 Å². The van der Waals surface area contributed by atoms with Crippen LogP contribution in [0, 0.1) is 6.92 Å². The van der Waals surface area contributed by atoms with E-state index in [2.05, 4.69) is 55.5 Å². The molecule has 2 aromatic carbocycles. The molecule has 0 bridgehead atoms. The highest BCUT2D eigenvalue weighted by Crippen LogP contribution is 2.29. The SMILES string of the molecule is Cc1ccc(Sc2ccc(-c3ccco3)cc2)cc1. The lowest BCUT2D eigenvalue weighted by Crippen LogP contribution is -1.77. The predicted molar refractivity (Wildman–Crippen MR) is 79.4 cm³/mol. The highest BCUT2D eigenvalue weighted by molar-refractivity contribution is 7.99. The lowest BCUT2D eigenvalue weighted by Gasteiger charge is -2.03. The second-order valence-electron chi connectivity index (χ2n) is 4.42. The molecule has 0 amide bonds. The maximum atomic E-state index is 5.38. The van der Waals surface area contributed by atoms with Crippen molar-refractivity contribution in [3.63, 3.8) is 0 Å². The third kappa shape index (κ3) is 2.91. The Morgan fingerprint density at radius 1 is 0.789 bits per heavy atom. The molecule has 0 saturated carbocycles. The standard InChI is InChI=1S/C17H14OS/c1-13-4-8-15(9-5-13)19-16-10-6-14(7-11-16)17-3-2-12-18-17/h2-12H,1H3. The van der Waals surface area contributed by atoms with Crippen LogP contribution in [0.25, 0.3) is 11.3 Å². The molecule has 0 N–H and O–H groups in total. The van der Waals surface area contributed by atoms with Crippen molar-refractivity contribution in [2.75, 3.05) is 0 Å². The molecule has 1 heterocycles. The van der Waals surface area contributed by atoms with Crippen molar-refractivity contribution in [1.82, 2.24) is 0 Å². The van der Waals surface area contributed by atoms with Crippen molar-refractivity contribution in [2.45, 2.75) is 16.7 Å². The summed E-state index contributed by atoms with van der Waals surface area (Å²) < 4.78 is 5.38. The Morgan fingerprint density at radius 2 is 1.42 bits per heavy atom. The van der Waals surface area contributed by atoms with Crippen LogP contribution < -0.4 is 0 Å². The molecule has 0 fully saturated rings. The normalized spacial score (nSPS) is 10.6. The van der Waals surface area contributed by atoms with Gasteiger partial charge in [0.05, 0.1) is 6.26 Å². The molecule has 0 saturated heterocycles. The largest absolute Gasteiger partial charge is 0.464 e. The van der Waals surface area contributed by atoms with Crippen LogP contribution in [0.15, 0.2) is 81.1 Å². The summed E-state index contributed by atoms with van der Waals surface area (Å²) in [5.74, 6) is 0.909. The van der Waals surface area contributed by atoms with Gasteiger partial charge >= 0.3 is 0 Å². The first-order valence-corrected chi connectivity index (χ1v) is 7.01. The van der Waals surface area contributed by atoms with E-state index in [0.717, 1.165) is 11.3 Å². The fourth-order valence-corrected chi connectivity index (χ4v) is 2.69. The third-order valence-electron chi connectivity index (χ3n) is 2.92. The van der Waals surface area contributed by atoms with Gasteiger partial charge in [-0.25, -0.2) is 0 Å². The molecule has 0 aliphatic carbocycles. The zero-order valence-electron chi connectivity index (χ0n) is 10.7.